The lowest BCUT2D eigenvalue weighted by atomic mass is 10.1. The molecule has 0 atom stereocenters. The molecule has 0 aliphatic rings. The van der Waals surface area contributed by atoms with E-state index in [0.717, 1.165) is 5.56 Å². The average Bonchev–Trinajstić information content (AvgIpc) is 2.82. The van der Waals surface area contributed by atoms with Gasteiger partial charge < -0.3 is 18.4 Å². The van der Waals surface area contributed by atoms with Gasteiger partial charge in [-0.3, -0.25) is 4.79 Å². The lowest BCUT2D eigenvalue weighted by Gasteiger charge is -2.09. The van der Waals surface area contributed by atoms with Crippen molar-refractivity contribution in [3.63, 3.8) is 0 Å². The van der Waals surface area contributed by atoms with Gasteiger partial charge in [-0.25, -0.2) is 4.79 Å². The van der Waals surface area contributed by atoms with E-state index in [1.165, 1.54) is 62.8 Å². The summed E-state index contributed by atoms with van der Waals surface area (Å²) in [6.45, 7) is 1.35. The van der Waals surface area contributed by atoms with Crippen LogP contribution in [0.25, 0.3) is 0 Å². The van der Waals surface area contributed by atoms with E-state index in [4.69, 9.17) is 18.4 Å². The molecule has 33 heavy (non-hydrogen) atoms. The van der Waals surface area contributed by atoms with Crippen molar-refractivity contribution in [1.29, 1.82) is 0 Å². The molecule has 3 rings (SSSR count). The first-order valence-corrected chi connectivity index (χ1v) is 11.2. The monoisotopic (exact) mass is 470 g/mol. The second kappa shape index (κ2) is 10.2. The van der Waals surface area contributed by atoms with Gasteiger partial charge in [-0.2, -0.15) is 8.42 Å². The summed E-state index contributed by atoms with van der Waals surface area (Å²) in [6.07, 6.45) is 0. The second-order valence-electron chi connectivity index (χ2n) is 6.98. The van der Waals surface area contributed by atoms with Crippen LogP contribution in [0.1, 0.15) is 26.3 Å². The number of benzene rings is 3. The van der Waals surface area contributed by atoms with Crippen LogP contribution in [0.15, 0.2) is 71.6 Å². The molecule has 0 amide bonds. The van der Waals surface area contributed by atoms with Crippen molar-refractivity contribution in [1.82, 2.24) is 0 Å². The summed E-state index contributed by atoms with van der Waals surface area (Å²) in [5, 5.41) is 0. The van der Waals surface area contributed by atoms with Crippen LogP contribution in [0.5, 0.6) is 17.2 Å². The zero-order valence-corrected chi connectivity index (χ0v) is 19.0. The molecule has 0 aliphatic carbocycles. The molecule has 0 aliphatic heterocycles. The van der Waals surface area contributed by atoms with E-state index >= 15 is 0 Å². The normalized spacial score (nSPS) is 10.9. The smallest absolute Gasteiger partial charge is 0.339 e. The lowest BCUT2D eigenvalue weighted by Crippen LogP contribution is -2.14. The SMILES string of the molecule is COc1cc(OC)cc(C(=O)OCC(=O)c2ccc(OS(=O)(=O)c3ccc(C)cc3)cc2)c1. The van der Waals surface area contributed by atoms with Crippen LogP contribution in [0.3, 0.4) is 0 Å². The molecular weight excluding hydrogens is 448 g/mol. The minimum absolute atomic E-state index is 0.0225. The number of carbonyl (C=O) groups is 2. The fourth-order valence-corrected chi connectivity index (χ4v) is 3.73. The Kier molecular flexibility index (Phi) is 7.34. The highest BCUT2D eigenvalue weighted by Gasteiger charge is 2.18. The quantitative estimate of drug-likeness (QED) is 0.264. The maximum absolute atomic E-state index is 12.4. The molecule has 0 saturated heterocycles. The van der Waals surface area contributed by atoms with Gasteiger partial charge in [0, 0.05) is 11.6 Å². The Morgan fingerprint density at radius 1 is 0.758 bits per heavy atom. The van der Waals surface area contributed by atoms with Crippen LogP contribution in [-0.4, -0.2) is 41.0 Å². The van der Waals surface area contributed by atoms with Crippen molar-refractivity contribution in [2.24, 2.45) is 0 Å². The average molecular weight is 470 g/mol. The van der Waals surface area contributed by atoms with E-state index in [9.17, 15) is 18.0 Å². The van der Waals surface area contributed by atoms with E-state index in [1.807, 2.05) is 6.92 Å². The third-order valence-electron chi connectivity index (χ3n) is 4.61. The number of methoxy groups -OCH3 is 2. The van der Waals surface area contributed by atoms with Gasteiger partial charge in [0.1, 0.15) is 22.1 Å². The van der Waals surface area contributed by atoms with Crippen molar-refractivity contribution < 1.29 is 36.4 Å². The Morgan fingerprint density at radius 3 is 1.88 bits per heavy atom. The number of hydrogen-bond donors (Lipinski definition) is 0. The number of rotatable bonds is 9. The first-order chi connectivity index (χ1) is 15.7. The maximum atomic E-state index is 12.4. The summed E-state index contributed by atoms with van der Waals surface area (Å²) in [4.78, 5) is 24.7. The van der Waals surface area contributed by atoms with Gasteiger partial charge in [0.15, 0.2) is 12.4 Å². The lowest BCUT2D eigenvalue weighted by molar-refractivity contribution is 0.0474. The first kappa shape index (κ1) is 23.8. The van der Waals surface area contributed by atoms with E-state index in [-0.39, 0.29) is 21.8 Å². The van der Waals surface area contributed by atoms with Crippen LogP contribution >= 0.6 is 0 Å². The van der Waals surface area contributed by atoms with Gasteiger partial charge in [0.25, 0.3) is 0 Å². The number of ether oxygens (including phenoxy) is 3. The molecule has 9 heteroatoms. The van der Waals surface area contributed by atoms with Gasteiger partial charge in [0.05, 0.1) is 19.8 Å². The third kappa shape index (κ3) is 6.11. The highest BCUT2D eigenvalue weighted by molar-refractivity contribution is 7.87. The minimum atomic E-state index is -4.00. The van der Waals surface area contributed by atoms with Crippen LogP contribution in [0.4, 0.5) is 0 Å². The first-order valence-electron chi connectivity index (χ1n) is 9.76. The summed E-state index contributed by atoms with van der Waals surface area (Å²) < 4.78 is 45.2. The molecular formula is C24H22O8S. The zero-order chi connectivity index (χ0) is 24.0. The fourth-order valence-electron chi connectivity index (χ4n) is 2.80. The molecule has 0 radical (unpaired) electrons. The highest BCUT2D eigenvalue weighted by Crippen LogP contribution is 2.23. The molecule has 0 bridgehead atoms. The van der Waals surface area contributed by atoms with Crippen molar-refractivity contribution in [3.8, 4) is 17.2 Å². The molecule has 0 heterocycles. The van der Waals surface area contributed by atoms with Crippen LogP contribution < -0.4 is 13.7 Å². The van der Waals surface area contributed by atoms with Gasteiger partial charge >= 0.3 is 16.1 Å². The highest BCUT2D eigenvalue weighted by atomic mass is 32.2. The third-order valence-corrected chi connectivity index (χ3v) is 5.87. The molecule has 0 N–H and O–H groups in total. The summed E-state index contributed by atoms with van der Waals surface area (Å²) in [5.41, 5.74) is 1.32. The number of hydrogen-bond acceptors (Lipinski definition) is 8. The largest absolute Gasteiger partial charge is 0.497 e. The second-order valence-corrected chi connectivity index (χ2v) is 8.52. The van der Waals surface area contributed by atoms with Crippen molar-refractivity contribution >= 4 is 21.9 Å². The predicted octanol–water partition coefficient (Wildman–Crippen LogP) is 3.82. The summed E-state index contributed by atoms with van der Waals surface area (Å²) in [7, 11) is -1.10. The van der Waals surface area contributed by atoms with Crippen LogP contribution in [-0.2, 0) is 14.9 Å². The number of carbonyl (C=O) groups excluding carboxylic acids is 2. The predicted molar refractivity (Wildman–Crippen MR) is 120 cm³/mol. The topological polar surface area (TPSA) is 105 Å². The van der Waals surface area contributed by atoms with Crippen LogP contribution in [0.2, 0.25) is 0 Å². The van der Waals surface area contributed by atoms with Gasteiger partial charge in [-0.05, 0) is 55.5 Å². The van der Waals surface area contributed by atoms with Crippen molar-refractivity contribution in [3.05, 3.63) is 83.4 Å². The number of Topliss-reactive ketones (excluding diaryl/α,β-unsaturated/α-hetero) is 1. The molecule has 0 saturated carbocycles. The van der Waals surface area contributed by atoms with Gasteiger partial charge in [-0.15, -0.1) is 0 Å². The maximum Gasteiger partial charge on any atom is 0.339 e. The van der Waals surface area contributed by atoms with Crippen molar-refractivity contribution in [2.75, 3.05) is 20.8 Å². The molecule has 3 aromatic rings. The van der Waals surface area contributed by atoms with E-state index in [0.29, 0.717) is 11.5 Å². The van der Waals surface area contributed by atoms with E-state index in [1.54, 1.807) is 18.2 Å². The molecule has 0 spiro atoms. The Bertz CT molecular complexity index is 1220. The van der Waals surface area contributed by atoms with Gasteiger partial charge in [0.2, 0.25) is 0 Å². The Hall–Kier alpha value is -3.85. The number of esters is 1. The Morgan fingerprint density at radius 2 is 1.33 bits per heavy atom. The Labute approximate surface area is 191 Å². The molecule has 0 fully saturated rings. The fraction of sp³-hybridized carbons (Fsp3) is 0.167. The zero-order valence-electron chi connectivity index (χ0n) is 18.2. The molecule has 3 aromatic carbocycles. The van der Waals surface area contributed by atoms with Gasteiger partial charge in [-0.1, -0.05) is 17.7 Å². The summed E-state index contributed by atoms with van der Waals surface area (Å²) >= 11 is 0. The summed E-state index contributed by atoms with van der Waals surface area (Å²) in [5.74, 6) is -0.323. The van der Waals surface area contributed by atoms with Crippen molar-refractivity contribution in [2.45, 2.75) is 11.8 Å². The number of aryl methyl sites for hydroxylation is 1. The summed E-state index contributed by atoms with van der Waals surface area (Å²) in [6, 6.07) is 16.3. The molecule has 8 nitrogen and oxygen atoms in total. The standard InChI is InChI=1S/C24H22O8S/c1-16-4-10-22(11-5-16)33(27,28)32-19-8-6-17(7-9-19)23(25)15-31-24(26)18-12-20(29-2)14-21(13-18)30-3/h4-14H,15H2,1-3H3. The molecule has 172 valence electrons. The molecule has 0 aromatic heterocycles. The minimum Gasteiger partial charge on any atom is -0.497 e. The van der Waals surface area contributed by atoms with E-state index < -0.39 is 28.5 Å². The Balaban J connectivity index is 1.62. The van der Waals surface area contributed by atoms with E-state index in [2.05, 4.69) is 0 Å². The van der Waals surface area contributed by atoms with Crippen LogP contribution in [0, 0.1) is 6.92 Å². The number of ketones is 1. The molecule has 0 unspecified atom stereocenters.